The van der Waals surface area contributed by atoms with E-state index in [2.05, 4.69) is 37.1 Å². The third-order valence-electron chi connectivity index (χ3n) is 2.26. The minimum atomic E-state index is 1.30. The van der Waals surface area contributed by atoms with Crippen LogP contribution in [0, 0.1) is 12.8 Å². The zero-order valence-corrected chi connectivity index (χ0v) is 7.29. The molecule has 0 heteroatoms. The third kappa shape index (κ3) is 1.89. The van der Waals surface area contributed by atoms with Gasteiger partial charge in [-0.05, 0) is 36.8 Å². The van der Waals surface area contributed by atoms with Crippen LogP contribution in [-0.4, -0.2) is 0 Å². The monoisotopic (exact) mass is 158 g/mol. The molecule has 0 radical (unpaired) electrons. The quantitative estimate of drug-likeness (QED) is 0.509. The Bertz CT molecular complexity index is 233. The molecule has 12 heavy (non-hydrogen) atoms. The molecule has 0 saturated heterocycles. The largest absolute Gasteiger partial charge is 0.124 e. The van der Waals surface area contributed by atoms with Crippen molar-refractivity contribution in [1.29, 1.82) is 0 Å². The van der Waals surface area contributed by atoms with E-state index in [1.807, 2.05) is 0 Å². The van der Waals surface area contributed by atoms with E-state index in [4.69, 9.17) is 0 Å². The first kappa shape index (κ1) is 8.87. The van der Waals surface area contributed by atoms with Crippen molar-refractivity contribution < 1.29 is 0 Å². The molecular weight excluding hydrogens is 144 g/mol. The fourth-order valence-electron chi connectivity index (χ4n) is 1.68. The van der Waals surface area contributed by atoms with Crippen LogP contribution in [0.5, 0.6) is 0 Å². The lowest BCUT2D eigenvalue weighted by Gasteiger charge is -2.13. The molecule has 0 saturated carbocycles. The summed E-state index contributed by atoms with van der Waals surface area (Å²) in [6.45, 7) is 0. The van der Waals surface area contributed by atoms with Crippen LogP contribution >= 0.6 is 0 Å². The number of rotatable bonds is 0. The molecule has 1 aromatic rings. The molecule has 1 aliphatic rings. The number of hydrogen-bond donors (Lipinski definition) is 0. The summed E-state index contributed by atoms with van der Waals surface area (Å²) in [5.74, 6) is 0. The van der Waals surface area contributed by atoms with E-state index in [0.717, 1.165) is 0 Å². The highest BCUT2D eigenvalue weighted by atomic mass is 14.1. The Kier molecular flexibility index (Phi) is 3.41. The van der Waals surface area contributed by atoms with E-state index in [1.54, 1.807) is 11.1 Å². The lowest BCUT2D eigenvalue weighted by Crippen LogP contribution is -2.00. The highest BCUT2D eigenvalue weighted by Gasteiger charge is 2.05. The van der Waals surface area contributed by atoms with E-state index in [9.17, 15) is 0 Å². The van der Waals surface area contributed by atoms with Gasteiger partial charge in [-0.3, -0.25) is 0 Å². The third-order valence-corrected chi connectivity index (χ3v) is 2.26. The van der Waals surface area contributed by atoms with Crippen molar-refractivity contribution in [1.82, 2.24) is 0 Å². The van der Waals surface area contributed by atoms with Gasteiger partial charge in [0, 0.05) is 0 Å². The molecule has 0 N–H and O–H groups in total. The van der Waals surface area contributed by atoms with Gasteiger partial charge in [-0.25, -0.2) is 0 Å². The topological polar surface area (TPSA) is 0 Å². The maximum Gasteiger partial charge on any atom is -0.0276 e. The predicted octanol–water partition coefficient (Wildman–Crippen LogP) is 2.81. The summed E-state index contributed by atoms with van der Waals surface area (Å²) >= 11 is 0. The summed E-state index contributed by atoms with van der Waals surface area (Å²) in [5.41, 5.74) is 3.16. The molecule has 0 heterocycles. The Morgan fingerprint density at radius 3 is 1.67 bits per heavy atom. The Balaban J connectivity index is 0.000000336. The van der Waals surface area contributed by atoms with E-state index < -0.39 is 0 Å². The number of hydrogen-bond acceptors (Lipinski definition) is 0. The molecule has 0 bridgehead atoms. The van der Waals surface area contributed by atoms with Gasteiger partial charge in [0.15, 0.2) is 0 Å². The van der Waals surface area contributed by atoms with Gasteiger partial charge < -0.3 is 0 Å². The van der Waals surface area contributed by atoms with E-state index in [1.165, 1.54) is 25.7 Å². The average Bonchev–Trinajstić information content (AvgIpc) is 2.21. The maximum atomic E-state index is 4.00. The molecule has 0 atom stereocenters. The van der Waals surface area contributed by atoms with E-state index in [-0.39, 0.29) is 0 Å². The average molecular weight is 158 g/mol. The Morgan fingerprint density at radius 1 is 0.833 bits per heavy atom. The SMILES string of the molecule is C#C.c1ccc2c(c1)CCCC2. The summed E-state index contributed by atoms with van der Waals surface area (Å²) in [7, 11) is 0. The van der Waals surface area contributed by atoms with Crippen LogP contribution < -0.4 is 0 Å². The Hall–Kier alpha value is -1.22. The van der Waals surface area contributed by atoms with Crippen molar-refractivity contribution in [3.8, 4) is 12.8 Å². The van der Waals surface area contributed by atoms with Crippen LogP contribution in [0.25, 0.3) is 0 Å². The predicted molar refractivity (Wildman–Crippen MR) is 53.0 cm³/mol. The summed E-state index contributed by atoms with van der Waals surface area (Å²) in [6.07, 6.45) is 13.4. The van der Waals surface area contributed by atoms with Crippen molar-refractivity contribution in [3.63, 3.8) is 0 Å². The zero-order valence-electron chi connectivity index (χ0n) is 7.29. The first-order valence-electron chi connectivity index (χ1n) is 4.37. The smallest absolute Gasteiger partial charge is 0.0276 e. The molecule has 0 aliphatic heterocycles. The van der Waals surface area contributed by atoms with Gasteiger partial charge in [-0.1, -0.05) is 24.3 Å². The highest BCUT2D eigenvalue weighted by molar-refractivity contribution is 5.28. The van der Waals surface area contributed by atoms with Crippen LogP contribution in [0.15, 0.2) is 24.3 Å². The van der Waals surface area contributed by atoms with Crippen LogP contribution in [-0.2, 0) is 12.8 Å². The first-order chi connectivity index (χ1) is 5.97. The lowest BCUT2D eigenvalue weighted by atomic mass is 9.92. The van der Waals surface area contributed by atoms with E-state index in [0.29, 0.717) is 0 Å². The molecule has 1 aromatic carbocycles. The molecular formula is C12H14. The van der Waals surface area contributed by atoms with Gasteiger partial charge in [-0.2, -0.15) is 0 Å². The number of fused-ring (bicyclic) bond motifs is 1. The number of benzene rings is 1. The summed E-state index contributed by atoms with van der Waals surface area (Å²) in [5, 5.41) is 0. The molecule has 2 rings (SSSR count). The van der Waals surface area contributed by atoms with E-state index >= 15 is 0 Å². The fraction of sp³-hybridized carbons (Fsp3) is 0.333. The normalized spacial score (nSPS) is 13.8. The standard InChI is InChI=1S/C10H12.C2H2/c1-2-6-10-8-4-3-7-9(10)5-1;1-2/h1-2,5-6H,3-4,7-8H2;1-2H. The second-order valence-corrected chi connectivity index (χ2v) is 2.98. The first-order valence-corrected chi connectivity index (χ1v) is 4.37. The second-order valence-electron chi connectivity index (χ2n) is 2.98. The van der Waals surface area contributed by atoms with Crippen LogP contribution in [0.1, 0.15) is 24.0 Å². The fourth-order valence-corrected chi connectivity index (χ4v) is 1.68. The molecule has 62 valence electrons. The van der Waals surface area contributed by atoms with Gasteiger partial charge in [0.25, 0.3) is 0 Å². The zero-order chi connectivity index (χ0) is 8.81. The maximum absolute atomic E-state index is 4.00. The van der Waals surface area contributed by atoms with Gasteiger partial charge in [0.05, 0.1) is 0 Å². The molecule has 0 unspecified atom stereocenters. The van der Waals surface area contributed by atoms with Crippen molar-refractivity contribution in [3.05, 3.63) is 35.4 Å². The van der Waals surface area contributed by atoms with Gasteiger partial charge >= 0.3 is 0 Å². The number of terminal acetylenes is 1. The van der Waals surface area contributed by atoms with Crippen molar-refractivity contribution >= 4 is 0 Å². The molecule has 0 nitrogen and oxygen atoms in total. The summed E-state index contributed by atoms with van der Waals surface area (Å²) in [4.78, 5) is 0. The van der Waals surface area contributed by atoms with Gasteiger partial charge in [0.1, 0.15) is 0 Å². The molecule has 0 fully saturated rings. The van der Waals surface area contributed by atoms with Crippen LogP contribution in [0.3, 0.4) is 0 Å². The molecule has 0 spiro atoms. The number of aryl methyl sites for hydroxylation is 2. The Morgan fingerprint density at radius 2 is 1.25 bits per heavy atom. The van der Waals surface area contributed by atoms with Crippen molar-refractivity contribution in [2.45, 2.75) is 25.7 Å². The van der Waals surface area contributed by atoms with Crippen LogP contribution in [0.2, 0.25) is 0 Å². The minimum absolute atomic E-state index is 1.30. The molecule has 0 amide bonds. The molecule has 1 aliphatic carbocycles. The second kappa shape index (κ2) is 4.62. The summed E-state index contributed by atoms with van der Waals surface area (Å²) in [6, 6.07) is 8.80. The Labute approximate surface area is 74.6 Å². The minimum Gasteiger partial charge on any atom is -0.124 e. The van der Waals surface area contributed by atoms with Crippen molar-refractivity contribution in [2.75, 3.05) is 0 Å². The van der Waals surface area contributed by atoms with Crippen molar-refractivity contribution in [2.24, 2.45) is 0 Å². The lowest BCUT2D eigenvalue weighted by molar-refractivity contribution is 0.685. The van der Waals surface area contributed by atoms with Gasteiger partial charge in [0.2, 0.25) is 0 Å². The summed E-state index contributed by atoms with van der Waals surface area (Å²) < 4.78 is 0. The molecule has 0 aromatic heterocycles. The van der Waals surface area contributed by atoms with Crippen LogP contribution in [0.4, 0.5) is 0 Å². The highest BCUT2D eigenvalue weighted by Crippen LogP contribution is 2.19. The van der Waals surface area contributed by atoms with Gasteiger partial charge in [-0.15, -0.1) is 12.8 Å².